The van der Waals surface area contributed by atoms with Crippen LogP contribution in [-0.4, -0.2) is 10.9 Å². The molecule has 4 rings (SSSR count). The second-order valence-corrected chi connectivity index (χ2v) is 6.21. The van der Waals surface area contributed by atoms with Crippen LogP contribution in [0.15, 0.2) is 52.5 Å². The number of ether oxygens (including phenoxy) is 1. The van der Waals surface area contributed by atoms with Crippen molar-refractivity contribution in [3.05, 3.63) is 64.9 Å². The van der Waals surface area contributed by atoms with Gasteiger partial charge in [-0.15, -0.1) is 11.3 Å². The number of rotatable bonds is 4. The van der Waals surface area contributed by atoms with Gasteiger partial charge in [-0.1, -0.05) is 12.1 Å². The second kappa shape index (κ2) is 6.43. The Labute approximate surface area is 142 Å². The first-order valence-corrected chi connectivity index (χ1v) is 8.34. The number of aromatic nitrogens is 1. The van der Waals surface area contributed by atoms with Crippen molar-refractivity contribution < 1.29 is 13.9 Å². The molecule has 1 aromatic carbocycles. The molecule has 3 heterocycles. The Kier molecular flexibility index (Phi) is 3.98. The summed E-state index contributed by atoms with van der Waals surface area (Å²) in [5, 5.41) is 5.26. The van der Waals surface area contributed by atoms with Crippen LogP contribution in [0.4, 0.5) is 5.13 Å². The van der Waals surface area contributed by atoms with Crippen molar-refractivity contribution in [3.8, 4) is 11.3 Å². The summed E-state index contributed by atoms with van der Waals surface area (Å²) in [5.74, 6) is 0.389. The highest BCUT2D eigenvalue weighted by molar-refractivity contribution is 7.14. The number of anilines is 1. The lowest BCUT2D eigenvalue weighted by molar-refractivity contribution is -0.111. The van der Waals surface area contributed by atoms with Crippen molar-refractivity contribution >= 4 is 28.5 Å². The van der Waals surface area contributed by atoms with Gasteiger partial charge < -0.3 is 9.15 Å². The fourth-order valence-corrected chi connectivity index (χ4v) is 3.21. The van der Waals surface area contributed by atoms with Gasteiger partial charge in [0.15, 0.2) is 5.13 Å². The number of nitrogens with zero attached hydrogens (tertiary/aromatic N) is 1. The maximum atomic E-state index is 11.9. The summed E-state index contributed by atoms with van der Waals surface area (Å²) in [6.07, 6.45) is 4.60. The third kappa shape index (κ3) is 3.15. The van der Waals surface area contributed by atoms with Gasteiger partial charge in [-0.3, -0.25) is 10.1 Å². The summed E-state index contributed by atoms with van der Waals surface area (Å²) in [6, 6.07) is 9.75. The van der Waals surface area contributed by atoms with Crippen LogP contribution in [0.2, 0.25) is 0 Å². The van der Waals surface area contributed by atoms with Crippen molar-refractivity contribution in [1.82, 2.24) is 4.98 Å². The quantitative estimate of drug-likeness (QED) is 0.728. The molecule has 6 heteroatoms. The van der Waals surface area contributed by atoms with Gasteiger partial charge in [0.25, 0.3) is 0 Å². The predicted molar refractivity (Wildman–Crippen MR) is 92.4 cm³/mol. The van der Waals surface area contributed by atoms with Gasteiger partial charge in [0.1, 0.15) is 5.76 Å². The van der Waals surface area contributed by atoms with Crippen molar-refractivity contribution in [2.24, 2.45) is 0 Å². The Morgan fingerprint density at radius 2 is 2.17 bits per heavy atom. The zero-order valence-corrected chi connectivity index (χ0v) is 13.5. The molecular weight excluding hydrogens is 324 g/mol. The molecule has 0 unspecified atom stereocenters. The van der Waals surface area contributed by atoms with Crippen molar-refractivity contribution in [3.63, 3.8) is 0 Å². The number of thiazole rings is 1. The van der Waals surface area contributed by atoms with E-state index >= 15 is 0 Å². The fraction of sp³-hybridized carbons (Fsp3) is 0.111. The Balaban J connectivity index is 1.46. The smallest absolute Gasteiger partial charge is 0.250 e. The average molecular weight is 338 g/mol. The van der Waals surface area contributed by atoms with Gasteiger partial charge in [0, 0.05) is 17.0 Å². The first kappa shape index (κ1) is 14.9. The molecule has 5 nitrogen and oxygen atoms in total. The zero-order chi connectivity index (χ0) is 16.4. The number of nitrogens with one attached hydrogen (secondary N) is 1. The third-order valence-electron chi connectivity index (χ3n) is 3.69. The monoisotopic (exact) mass is 338 g/mol. The lowest BCUT2D eigenvalue weighted by atomic mass is 10.1. The minimum Gasteiger partial charge on any atom is -0.465 e. The Morgan fingerprint density at radius 3 is 3.04 bits per heavy atom. The highest BCUT2D eigenvalue weighted by Crippen LogP contribution is 2.29. The molecule has 1 aliphatic rings. The number of furan rings is 1. The SMILES string of the molecule is O=C(C=Cc1ccco1)Nc1nc(-c2ccc3c(c2)COC3)cs1. The number of carbonyl (C=O) groups excluding carboxylic acids is 1. The highest BCUT2D eigenvalue weighted by Gasteiger charge is 2.13. The van der Waals surface area contributed by atoms with E-state index in [4.69, 9.17) is 9.15 Å². The van der Waals surface area contributed by atoms with Crippen LogP contribution in [0.25, 0.3) is 17.3 Å². The lowest BCUT2D eigenvalue weighted by Crippen LogP contribution is -2.07. The van der Waals surface area contributed by atoms with Crippen LogP contribution in [0, 0.1) is 0 Å². The molecule has 120 valence electrons. The summed E-state index contributed by atoms with van der Waals surface area (Å²) in [5.41, 5.74) is 4.31. The summed E-state index contributed by atoms with van der Waals surface area (Å²) in [6.45, 7) is 1.32. The van der Waals surface area contributed by atoms with Gasteiger partial charge in [-0.2, -0.15) is 0 Å². The first-order chi connectivity index (χ1) is 11.8. The van der Waals surface area contributed by atoms with E-state index in [9.17, 15) is 4.79 Å². The van der Waals surface area contributed by atoms with E-state index in [2.05, 4.69) is 22.4 Å². The van der Waals surface area contributed by atoms with E-state index in [1.54, 1.807) is 24.5 Å². The van der Waals surface area contributed by atoms with Crippen LogP contribution in [0.5, 0.6) is 0 Å². The highest BCUT2D eigenvalue weighted by atomic mass is 32.1. The molecule has 0 bridgehead atoms. The maximum Gasteiger partial charge on any atom is 0.250 e. The molecule has 0 atom stereocenters. The van der Waals surface area contributed by atoms with Crippen LogP contribution in [0.1, 0.15) is 16.9 Å². The fourth-order valence-electron chi connectivity index (χ4n) is 2.49. The van der Waals surface area contributed by atoms with Gasteiger partial charge in [0.2, 0.25) is 5.91 Å². The molecule has 2 aromatic heterocycles. The number of carbonyl (C=O) groups is 1. The number of hydrogen-bond acceptors (Lipinski definition) is 5. The van der Waals surface area contributed by atoms with Crippen molar-refractivity contribution in [1.29, 1.82) is 0 Å². The van der Waals surface area contributed by atoms with Crippen molar-refractivity contribution in [2.45, 2.75) is 13.2 Å². The molecule has 1 amide bonds. The largest absolute Gasteiger partial charge is 0.465 e. The summed E-state index contributed by atoms with van der Waals surface area (Å²) in [7, 11) is 0. The van der Waals surface area contributed by atoms with Gasteiger partial charge in [-0.05, 0) is 35.4 Å². The van der Waals surface area contributed by atoms with Crippen LogP contribution < -0.4 is 5.32 Å². The minimum atomic E-state index is -0.241. The second-order valence-electron chi connectivity index (χ2n) is 5.35. The van der Waals surface area contributed by atoms with E-state index in [0.29, 0.717) is 24.1 Å². The minimum absolute atomic E-state index is 0.241. The molecule has 0 aliphatic carbocycles. The summed E-state index contributed by atoms with van der Waals surface area (Å²) in [4.78, 5) is 16.4. The van der Waals surface area contributed by atoms with E-state index in [-0.39, 0.29) is 5.91 Å². The number of hydrogen-bond donors (Lipinski definition) is 1. The number of fused-ring (bicyclic) bond motifs is 1. The van der Waals surface area contributed by atoms with E-state index in [1.807, 2.05) is 11.4 Å². The molecule has 24 heavy (non-hydrogen) atoms. The number of benzene rings is 1. The molecule has 3 aromatic rings. The van der Waals surface area contributed by atoms with E-state index in [1.165, 1.54) is 28.5 Å². The Hall–Kier alpha value is -2.70. The average Bonchev–Trinajstić information content (AvgIpc) is 3.33. The lowest BCUT2D eigenvalue weighted by Gasteiger charge is -2.00. The third-order valence-corrected chi connectivity index (χ3v) is 4.45. The van der Waals surface area contributed by atoms with Gasteiger partial charge in [0.05, 0.1) is 25.2 Å². The maximum absolute atomic E-state index is 11.9. The van der Waals surface area contributed by atoms with Crippen LogP contribution in [0.3, 0.4) is 0 Å². The van der Waals surface area contributed by atoms with Gasteiger partial charge >= 0.3 is 0 Å². The number of amides is 1. The molecule has 0 radical (unpaired) electrons. The molecule has 0 spiro atoms. The Bertz CT molecular complexity index is 897. The Morgan fingerprint density at radius 1 is 1.25 bits per heavy atom. The molecule has 1 N–H and O–H groups in total. The molecule has 0 saturated heterocycles. The molecule has 1 aliphatic heterocycles. The molecule has 0 saturated carbocycles. The summed E-state index contributed by atoms with van der Waals surface area (Å²) < 4.78 is 10.6. The first-order valence-electron chi connectivity index (χ1n) is 7.46. The topological polar surface area (TPSA) is 64.4 Å². The predicted octanol–water partition coefficient (Wildman–Crippen LogP) is 4.09. The van der Waals surface area contributed by atoms with Crippen LogP contribution in [-0.2, 0) is 22.7 Å². The van der Waals surface area contributed by atoms with Gasteiger partial charge in [-0.25, -0.2) is 4.98 Å². The molecule has 0 fully saturated rings. The summed E-state index contributed by atoms with van der Waals surface area (Å²) >= 11 is 1.40. The van der Waals surface area contributed by atoms with Crippen LogP contribution >= 0.6 is 11.3 Å². The normalized spacial score (nSPS) is 13.3. The van der Waals surface area contributed by atoms with E-state index < -0.39 is 0 Å². The van der Waals surface area contributed by atoms with E-state index in [0.717, 1.165) is 11.3 Å². The molecular formula is C18H14N2O3S. The standard InChI is InChI=1S/C18H14N2O3S/c21-17(6-5-15-2-1-7-23-15)20-18-19-16(11-24-18)12-3-4-13-9-22-10-14(13)8-12/h1-8,11H,9-10H2,(H,19,20,21). The van der Waals surface area contributed by atoms with Crippen molar-refractivity contribution in [2.75, 3.05) is 5.32 Å². The zero-order valence-electron chi connectivity index (χ0n) is 12.7.